The van der Waals surface area contributed by atoms with Gasteiger partial charge in [-0.1, -0.05) is 12.8 Å². The van der Waals surface area contributed by atoms with Crippen molar-refractivity contribution in [2.45, 2.75) is 50.7 Å². The lowest BCUT2D eigenvalue weighted by atomic mass is 9.77. The standard InChI is InChI=1S/C13H21F3N2O/c14-13(15,16)11-4-2-1-3-10(11)12(19)18-7-8-5-9(17)6-8/h8-11H,1-7,17H2,(H,18,19). The molecule has 0 saturated heterocycles. The molecular formula is C13H21F3N2O. The van der Waals surface area contributed by atoms with Crippen molar-refractivity contribution in [3.05, 3.63) is 0 Å². The van der Waals surface area contributed by atoms with E-state index in [-0.39, 0.29) is 12.5 Å². The van der Waals surface area contributed by atoms with Crippen molar-refractivity contribution >= 4 is 5.91 Å². The molecule has 110 valence electrons. The Labute approximate surface area is 111 Å². The Morgan fingerprint density at radius 3 is 2.42 bits per heavy atom. The van der Waals surface area contributed by atoms with E-state index in [4.69, 9.17) is 5.73 Å². The molecule has 1 amide bonds. The molecule has 0 bridgehead atoms. The summed E-state index contributed by atoms with van der Waals surface area (Å²) in [4.78, 5) is 11.9. The maximum atomic E-state index is 12.9. The zero-order valence-electron chi connectivity index (χ0n) is 10.9. The second-order valence-corrected chi connectivity index (χ2v) is 5.88. The number of carbonyl (C=O) groups excluding carboxylic acids is 1. The van der Waals surface area contributed by atoms with Crippen molar-refractivity contribution in [1.29, 1.82) is 0 Å². The van der Waals surface area contributed by atoms with Crippen LogP contribution in [0, 0.1) is 17.8 Å². The summed E-state index contributed by atoms with van der Waals surface area (Å²) in [5, 5.41) is 2.68. The van der Waals surface area contributed by atoms with E-state index < -0.39 is 23.9 Å². The summed E-state index contributed by atoms with van der Waals surface area (Å²) in [6.07, 6.45) is -0.858. The molecule has 0 spiro atoms. The Morgan fingerprint density at radius 2 is 1.84 bits per heavy atom. The Hall–Kier alpha value is -0.780. The summed E-state index contributed by atoms with van der Waals surface area (Å²) < 4.78 is 38.6. The van der Waals surface area contributed by atoms with Gasteiger partial charge in [0.15, 0.2) is 0 Å². The van der Waals surface area contributed by atoms with Gasteiger partial charge in [-0.05, 0) is 31.6 Å². The highest BCUT2D eigenvalue weighted by Gasteiger charge is 2.48. The lowest BCUT2D eigenvalue weighted by Crippen LogP contribution is -2.47. The van der Waals surface area contributed by atoms with E-state index in [0.717, 1.165) is 12.8 Å². The maximum absolute atomic E-state index is 12.9. The summed E-state index contributed by atoms with van der Waals surface area (Å²) in [6.45, 7) is 0.466. The van der Waals surface area contributed by atoms with Crippen molar-refractivity contribution in [3.8, 4) is 0 Å². The predicted molar refractivity (Wildman–Crippen MR) is 65.2 cm³/mol. The first-order chi connectivity index (χ1) is 8.88. The van der Waals surface area contributed by atoms with Gasteiger partial charge in [-0.3, -0.25) is 4.79 Å². The number of rotatable bonds is 3. The molecule has 2 rings (SSSR count). The number of amides is 1. The number of halogens is 3. The van der Waals surface area contributed by atoms with Crippen molar-refractivity contribution in [1.82, 2.24) is 5.32 Å². The monoisotopic (exact) mass is 278 g/mol. The molecule has 0 radical (unpaired) electrons. The molecule has 6 heteroatoms. The van der Waals surface area contributed by atoms with Gasteiger partial charge in [0, 0.05) is 18.5 Å². The van der Waals surface area contributed by atoms with E-state index in [1.807, 2.05) is 0 Å². The first-order valence-electron chi connectivity index (χ1n) is 6.98. The van der Waals surface area contributed by atoms with Gasteiger partial charge >= 0.3 is 6.18 Å². The third-order valence-electron chi connectivity index (χ3n) is 4.36. The molecule has 0 aromatic heterocycles. The number of nitrogens with one attached hydrogen (secondary N) is 1. The molecule has 3 nitrogen and oxygen atoms in total. The van der Waals surface area contributed by atoms with Crippen molar-refractivity contribution in [2.75, 3.05) is 6.54 Å². The highest BCUT2D eigenvalue weighted by atomic mass is 19.4. The minimum absolute atomic E-state index is 0.0793. The highest BCUT2D eigenvalue weighted by molar-refractivity contribution is 5.79. The van der Waals surface area contributed by atoms with E-state index in [1.54, 1.807) is 0 Å². The lowest BCUT2D eigenvalue weighted by Gasteiger charge is -2.35. The molecule has 2 saturated carbocycles. The number of hydrogen-bond acceptors (Lipinski definition) is 2. The lowest BCUT2D eigenvalue weighted by molar-refractivity contribution is -0.198. The van der Waals surface area contributed by atoms with Crippen LogP contribution in [0.2, 0.25) is 0 Å². The summed E-state index contributed by atoms with van der Waals surface area (Å²) in [7, 11) is 0. The van der Waals surface area contributed by atoms with E-state index in [1.165, 1.54) is 0 Å². The average molecular weight is 278 g/mol. The van der Waals surface area contributed by atoms with Gasteiger partial charge in [0.1, 0.15) is 0 Å². The van der Waals surface area contributed by atoms with Crippen LogP contribution in [0.3, 0.4) is 0 Å². The van der Waals surface area contributed by atoms with Crippen LogP contribution < -0.4 is 11.1 Å². The quantitative estimate of drug-likeness (QED) is 0.831. The molecular weight excluding hydrogens is 257 g/mol. The molecule has 0 aromatic rings. The van der Waals surface area contributed by atoms with Crippen molar-refractivity contribution < 1.29 is 18.0 Å². The molecule has 0 aromatic carbocycles. The third-order valence-corrected chi connectivity index (χ3v) is 4.36. The Kier molecular flexibility index (Phi) is 4.38. The van der Waals surface area contributed by atoms with Gasteiger partial charge in [-0.25, -0.2) is 0 Å². The second kappa shape index (κ2) is 5.69. The molecule has 19 heavy (non-hydrogen) atoms. The van der Waals surface area contributed by atoms with Crippen molar-refractivity contribution in [3.63, 3.8) is 0 Å². The number of carbonyl (C=O) groups is 1. The first kappa shape index (κ1) is 14.6. The van der Waals surface area contributed by atoms with Gasteiger partial charge < -0.3 is 11.1 Å². The van der Waals surface area contributed by atoms with Gasteiger partial charge in [0.25, 0.3) is 0 Å². The molecule has 2 aliphatic rings. The minimum Gasteiger partial charge on any atom is -0.356 e. The summed E-state index contributed by atoms with van der Waals surface area (Å²) in [5.41, 5.74) is 5.64. The Balaban J connectivity index is 1.85. The van der Waals surface area contributed by atoms with Crippen molar-refractivity contribution in [2.24, 2.45) is 23.5 Å². The molecule has 2 aliphatic carbocycles. The average Bonchev–Trinajstić information content (AvgIpc) is 2.32. The van der Waals surface area contributed by atoms with Gasteiger partial charge in [0.05, 0.1) is 5.92 Å². The Morgan fingerprint density at radius 1 is 1.21 bits per heavy atom. The van der Waals surface area contributed by atoms with Gasteiger partial charge in [0.2, 0.25) is 5.91 Å². The molecule has 2 atom stereocenters. The SMILES string of the molecule is NC1CC(CNC(=O)C2CCCCC2C(F)(F)F)C1. The highest BCUT2D eigenvalue weighted by Crippen LogP contribution is 2.41. The van der Waals surface area contributed by atoms with Crippen LogP contribution in [0.15, 0.2) is 0 Å². The zero-order valence-corrected chi connectivity index (χ0v) is 10.9. The van der Waals surface area contributed by atoms with E-state index in [2.05, 4.69) is 5.32 Å². The van der Waals surface area contributed by atoms with E-state index in [9.17, 15) is 18.0 Å². The largest absolute Gasteiger partial charge is 0.392 e. The minimum atomic E-state index is -4.26. The van der Waals surface area contributed by atoms with Gasteiger partial charge in [-0.15, -0.1) is 0 Å². The van der Waals surface area contributed by atoms with Crippen LogP contribution >= 0.6 is 0 Å². The predicted octanol–water partition coefficient (Wildman–Crippen LogP) is 2.21. The molecule has 0 aliphatic heterocycles. The van der Waals surface area contributed by atoms with Gasteiger partial charge in [-0.2, -0.15) is 13.2 Å². The molecule has 0 heterocycles. The normalized spacial score (nSPS) is 35.6. The molecule has 2 unspecified atom stereocenters. The fourth-order valence-electron chi connectivity index (χ4n) is 3.17. The maximum Gasteiger partial charge on any atom is 0.392 e. The topological polar surface area (TPSA) is 55.1 Å². The first-order valence-corrected chi connectivity index (χ1v) is 6.98. The summed E-state index contributed by atoms with van der Waals surface area (Å²) >= 11 is 0. The van der Waals surface area contributed by atoms with Crippen LogP contribution in [0.1, 0.15) is 38.5 Å². The fraction of sp³-hybridized carbons (Fsp3) is 0.923. The number of alkyl halides is 3. The number of nitrogens with two attached hydrogens (primary N) is 1. The smallest absolute Gasteiger partial charge is 0.356 e. The number of hydrogen-bond donors (Lipinski definition) is 2. The Bertz CT molecular complexity index is 326. The van der Waals surface area contributed by atoms with E-state index in [0.29, 0.717) is 31.7 Å². The molecule has 3 N–H and O–H groups in total. The van der Waals surface area contributed by atoms with Crippen LogP contribution in [0.5, 0.6) is 0 Å². The summed E-state index contributed by atoms with van der Waals surface area (Å²) in [5.74, 6) is -2.46. The van der Waals surface area contributed by atoms with Crippen LogP contribution in [-0.4, -0.2) is 24.7 Å². The summed E-state index contributed by atoms with van der Waals surface area (Å²) in [6, 6.07) is 0.194. The van der Waals surface area contributed by atoms with Crippen LogP contribution in [-0.2, 0) is 4.79 Å². The van der Waals surface area contributed by atoms with E-state index >= 15 is 0 Å². The van der Waals surface area contributed by atoms with Crippen LogP contribution in [0.4, 0.5) is 13.2 Å². The fourth-order valence-corrected chi connectivity index (χ4v) is 3.17. The second-order valence-electron chi connectivity index (χ2n) is 5.88. The zero-order chi connectivity index (χ0) is 14.0. The van der Waals surface area contributed by atoms with Crippen LogP contribution in [0.25, 0.3) is 0 Å². The third kappa shape index (κ3) is 3.61. The molecule has 2 fully saturated rings.